The SMILES string of the molecule is COc1cc(N=Nc2ccc([N+](=O)[O-])cc2)c(OC)cc1N. The Kier molecular flexibility index (Phi) is 4.52. The van der Waals surface area contributed by atoms with Gasteiger partial charge in [-0.3, -0.25) is 10.1 Å². The van der Waals surface area contributed by atoms with Crippen molar-refractivity contribution in [2.75, 3.05) is 20.0 Å². The first-order valence-corrected chi connectivity index (χ1v) is 6.23. The van der Waals surface area contributed by atoms with Crippen LogP contribution in [0.1, 0.15) is 0 Å². The van der Waals surface area contributed by atoms with Crippen LogP contribution < -0.4 is 15.2 Å². The average Bonchev–Trinajstić information content (AvgIpc) is 2.53. The molecule has 0 bridgehead atoms. The number of anilines is 1. The molecule has 0 amide bonds. The van der Waals surface area contributed by atoms with E-state index in [9.17, 15) is 10.1 Å². The number of nitro benzene ring substituents is 1. The summed E-state index contributed by atoms with van der Waals surface area (Å²) in [6, 6.07) is 8.90. The maximum Gasteiger partial charge on any atom is 0.269 e. The Hall–Kier alpha value is -3.16. The molecule has 0 saturated carbocycles. The van der Waals surface area contributed by atoms with Crippen molar-refractivity contribution in [2.24, 2.45) is 10.2 Å². The predicted octanol–water partition coefficient (Wildman–Crippen LogP) is 3.61. The lowest BCUT2D eigenvalue weighted by Crippen LogP contribution is -1.93. The summed E-state index contributed by atoms with van der Waals surface area (Å²) >= 11 is 0. The maximum atomic E-state index is 10.6. The van der Waals surface area contributed by atoms with E-state index in [0.29, 0.717) is 28.6 Å². The molecule has 0 heterocycles. The Labute approximate surface area is 126 Å². The number of methoxy groups -OCH3 is 2. The molecule has 0 unspecified atom stereocenters. The minimum absolute atomic E-state index is 0.00863. The van der Waals surface area contributed by atoms with Crippen molar-refractivity contribution in [3.8, 4) is 11.5 Å². The smallest absolute Gasteiger partial charge is 0.269 e. The Morgan fingerprint density at radius 3 is 2.23 bits per heavy atom. The molecule has 0 fully saturated rings. The van der Waals surface area contributed by atoms with Gasteiger partial charge in [0.1, 0.15) is 17.2 Å². The summed E-state index contributed by atoms with van der Waals surface area (Å²) in [5, 5.41) is 18.7. The molecule has 0 spiro atoms. The summed E-state index contributed by atoms with van der Waals surface area (Å²) in [4.78, 5) is 10.1. The number of rotatable bonds is 5. The zero-order chi connectivity index (χ0) is 16.1. The topological polar surface area (TPSA) is 112 Å². The molecule has 8 nitrogen and oxygen atoms in total. The zero-order valence-corrected chi connectivity index (χ0v) is 12.0. The van der Waals surface area contributed by atoms with E-state index in [0.717, 1.165) is 0 Å². The second kappa shape index (κ2) is 6.53. The van der Waals surface area contributed by atoms with E-state index in [1.54, 1.807) is 12.1 Å². The lowest BCUT2D eigenvalue weighted by Gasteiger charge is -2.09. The fraction of sp³-hybridized carbons (Fsp3) is 0.143. The highest BCUT2D eigenvalue weighted by atomic mass is 16.6. The second-order valence-electron chi connectivity index (χ2n) is 4.24. The summed E-state index contributed by atoms with van der Waals surface area (Å²) < 4.78 is 10.3. The average molecular weight is 302 g/mol. The summed E-state index contributed by atoms with van der Waals surface area (Å²) in [5.41, 5.74) is 7.12. The molecule has 114 valence electrons. The number of hydrogen-bond donors (Lipinski definition) is 1. The van der Waals surface area contributed by atoms with Gasteiger partial charge in [-0.05, 0) is 12.1 Å². The van der Waals surface area contributed by atoms with Gasteiger partial charge in [0.05, 0.1) is 30.5 Å². The van der Waals surface area contributed by atoms with Gasteiger partial charge in [0.15, 0.2) is 0 Å². The van der Waals surface area contributed by atoms with Crippen molar-refractivity contribution in [1.82, 2.24) is 0 Å². The van der Waals surface area contributed by atoms with Crippen LogP contribution in [-0.4, -0.2) is 19.1 Å². The van der Waals surface area contributed by atoms with Gasteiger partial charge in [-0.1, -0.05) is 0 Å². The number of benzene rings is 2. The highest BCUT2D eigenvalue weighted by molar-refractivity contribution is 5.67. The largest absolute Gasteiger partial charge is 0.495 e. The van der Waals surface area contributed by atoms with Crippen LogP contribution in [0.4, 0.5) is 22.7 Å². The van der Waals surface area contributed by atoms with Crippen molar-refractivity contribution in [2.45, 2.75) is 0 Å². The third-order valence-corrected chi connectivity index (χ3v) is 2.86. The Morgan fingerprint density at radius 1 is 1.05 bits per heavy atom. The molecule has 2 aromatic carbocycles. The standard InChI is InChI=1S/C14H14N4O4/c1-21-13-8-12(14(22-2)7-11(13)15)17-16-9-3-5-10(6-4-9)18(19)20/h3-8H,15H2,1-2H3. The van der Waals surface area contributed by atoms with Crippen LogP contribution in [0.5, 0.6) is 11.5 Å². The van der Waals surface area contributed by atoms with E-state index in [1.807, 2.05) is 0 Å². The first-order chi connectivity index (χ1) is 10.5. The van der Waals surface area contributed by atoms with E-state index >= 15 is 0 Å². The normalized spacial score (nSPS) is 10.6. The fourth-order valence-corrected chi connectivity index (χ4v) is 1.74. The van der Waals surface area contributed by atoms with Gasteiger partial charge in [0.2, 0.25) is 0 Å². The van der Waals surface area contributed by atoms with E-state index in [-0.39, 0.29) is 5.69 Å². The lowest BCUT2D eigenvalue weighted by molar-refractivity contribution is -0.384. The molecular formula is C14H14N4O4. The van der Waals surface area contributed by atoms with E-state index in [1.165, 1.54) is 38.5 Å². The molecule has 0 aromatic heterocycles. The third-order valence-electron chi connectivity index (χ3n) is 2.86. The first-order valence-electron chi connectivity index (χ1n) is 6.23. The Balaban J connectivity index is 2.30. The third kappa shape index (κ3) is 3.29. The maximum absolute atomic E-state index is 10.6. The number of nitrogen functional groups attached to an aromatic ring is 1. The molecule has 2 aromatic rings. The van der Waals surface area contributed by atoms with E-state index < -0.39 is 4.92 Å². The number of azo groups is 1. The molecule has 8 heteroatoms. The van der Waals surface area contributed by atoms with Crippen molar-refractivity contribution in [1.29, 1.82) is 0 Å². The molecule has 0 atom stereocenters. The quantitative estimate of drug-likeness (QED) is 0.392. The van der Waals surface area contributed by atoms with Crippen LogP contribution in [0.2, 0.25) is 0 Å². The van der Waals surface area contributed by atoms with Crippen LogP contribution in [0, 0.1) is 10.1 Å². The lowest BCUT2D eigenvalue weighted by atomic mass is 10.2. The van der Waals surface area contributed by atoms with E-state index in [4.69, 9.17) is 15.2 Å². The molecule has 0 aliphatic rings. The highest BCUT2D eigenvalue weighted by Gasteiger charge is 2.09. The minimum Gasteiger partial charge on any atom is -0.495 e. The van der Waals surface area contributed by atoms with Crippen LogP contribution >= 0.6 is 0 Å². The zero-order valence-electron chi connectivity index (χ0n) is 12.0. The molecule has 0 aliphatic carbocycles. The van der Waals surface area contributed by atoms with Crippen molar-refractivity contribution in [3.05, 3.63) is 46.5 Å². The number of nitro groups is 1. The predicted molar refractivity (Wildman–Crippen MR) is 81.2 cm³/mol. The first kappa shape index (κ1) is 15.2. The monoisotopic (exact) mass is 302 g/mol. The fourth-order valence-electron chi connectivity index (χ4n) is 1.74. The summed E-state index contributed by atoms with van der Waals surface area (Å²) in [7, 11) is 2.99. The van der Waals surface area contributed by atoms with Crippen LogP contribution in [0.3, 0.4) is 0 Å². The molecule has 0 aliphatic heterocycles. The summed E-state index contributed by atoms with van der Waals surface area (Å²) in [5.74, 6) is 0.905. The molecule has 0 saturated heterocycles. The number of ether oxygens (including phenoxy) is 2. The minimum atomic E-state index is -0.477. The van der Waals surface area contributed by atoms with Crippen molar-refractivity contribution in [3.63, 3.8) is 0 Å². The van der Waals surface area contributed by atoms with Crippen molar-refractivity contribution < 1.29 is 14.4 Å². The Morgan fingerprint density at radius 2 is 1.68 bits per heavy atom. The van der Waals surface area contributed by atoms with Gasteiger partial charge in [0.25, 0.3) is 5.69 Å². The van der Waals surface area contributed by atoms with Gasteiger partial charge in [-0.2, -0.15) is 5.11 Å². The van der Waals surface area contributed by atoms with E-state index in [2.05, 4.69) is 10.2 Å². The highest BCUT2D eigenvalue weighted by Crippen LogP contribution is 2.37. The van der Waals surface area contributed by atoms with Gasteiger partial charge >= 0.3 is 0 Å². The molecule has 0 radical (unpaired) electrons. The number of hydrogen-bond acceptors (Lipinski definition) is 7. The van der Waals surface area contributed by atoms with Gasteiger partial charge in [-0.25, -0.2) is 0 Å². The van der Waals surface area contributed by atoms with Gasteiger partial charge < -0.3 is 15.2 Å². The van der Waals surface area contributed by atoms with Crippen LogP contribution in [0.15, 0.2) is 46.6 Å². The van der Waals surface area contributed by atoms with Gasteiger partial charge in [0, 0.05) is 24.3 Å². The number of nitrogens with two attached hydrogens (primary N) is 1. The Bertz CT molecular complexity index is 714. The van der Waals surface area contributed by atoms with Crippen LogP contribution in [0.25, 0.3) is 0 Å². The number of nitrogens with zero attached hydrogens (tertiary/aromatic N) is 3. The van der Waals surface area contributed by atoms with Gasteiger partial charge in [-0.15, -0.1) is 5.11 Å². The molecule has 2 N–H and O–H groups in total. The van der Waals surface area contributed by atoms with Crippen molar-refractivity contribution >= 4 is 22.7 Å². The second-order valence-corrected chi connectivity index (χ2v) is 4.24. The van der Waals surface area contributed by atoms with Crippen LogP contribution in [-0.2, 0) is 0 Å². The molecular weight excluding hydrogens is 288 g/mol. The number of non-ortho nitro benzene ring substituents is 1. The summed E-state index contributed by atoms with van der Waals surface area (Å²) in [6.45, 7) is 0. The molecule has 2 rings (SSSR count). The molecule has 22 heavy (non-hydrogen) atoms. The summed E-state index contributed by atoms with van der Waals surface area (Å²) in [6.07, 6.45) is 0.